The lowest BCUT2D eigenvalue weighted by molar-refractivity contribution is 0.102. The molecule has 4 rings (SSSR count). The molecule has 0 unspecified atom stereocenters. The molecule has 0 atom stereocenters. The summed E-state index contributed by atoms with van der Waals surface area (Å²) in [6.45, 7) is 1.93. The number of rotatable bonds is 3. The summed E-state index contributed by atoms with van der Waals surface area (Å²) in [4.78, 5) is 20.9. The molecule has 0 saturated carbocycles. The number of aromatic nitrogens is 4. The first kappa shape index (κ1) is 14.2. The van der Waals surface area contributed by atoms with Gasteiger partial charge in [-0.1, -0.05) is 6.07 Å². The highest BCUT2D eigenvalue weighted by Crippen LogP contribution is 2.35. The van der Waals surface area contributed by atoms with Gasteiger partial charge < -0.3 is 14.8 Å². The van der Waals surface area contributed by atoms with Crippen LogP contribution in [0.1, 0.15) is 16.2 Å². The summed E-state index contributed by atoms with van der Waals surface area (Å²) in [6, 6.07) is 8.65. The van der Waals surface area contributed by atoms with Crippen LogP contribution in [0.2, 0.25) is 0 Å². The zero-order valence-electron chi connectivity index (χ0n) is 12.7. The van der Waals surface area contributed by atoms with Crippen molar-refractivity contribution in [3.63, 3.8) is 0 Å². The average Bonchev–Trinajstić information content (AvgIpc) is 3.23. The third-order valence-corrected chi connectivity index (χ3v) is 3.50. The molecule has 2 N–H and O–H groups in total. The number of amides is 1. The Morgan fingerprint density at radius 3 is 3.04 bits per heavy atom. The van der Waals surface area contributed by atoms with E-state index >= 15 is 0 Å². The highest BCUT2D eigenvalue weighted by molar-refractivity contribution is 6.06. The van der Waals surface area contributed by atoms with E-state index in [-0.39, 0.29) is 12.7 Å². The summed E-state index contributed by atoms with van der Waals surface area (Å²) in [5.41, 5.74) is 1.15. The topological polar surface area (TPSA) is 102 Å². The predicted octanol–water partition coefficient (Wildman–Crippen LogP) is 2.16. The quantitative estimate of drug-likeness (QED) is 0.766. The maximum atomic E-state index is 12.5. The van der Waals surface area contributed by atoms with Crippen molar-refractivity contribution < 1.29 is 14.3 Å². The SMILES string of the molecule is Cc1nc(-c2ccnc(NC(=O)c3cccc4c3OCO4)c2)n[nH]1. The van der Waals surface area contributed by atoms with Gasteiger partial charge >= 0.3 is 0 Å². The molecule has 0 spiro atoms. The summed E-state index contributed by atoms with van der Waals surface area (Å²) in [6.07, 6.45) is 1.59. The van der Waals surface area contributed by atoms with Crippen molar-refractivity contribution in [2.45, 2.75) is 6.92 Å². The van der Waals surface area contributed by atoms with E-state index in [0.29, 0.717) is 34.5 Å². The van der Waals surface area contributed by atoms with Crippen molar-refractivity contribution in [2.75, 3.05) is 12.1 Å². The van der Waals surface area contributed by atoms with Crippen molar-refractivity contribution >= 4 is 11.7 Å². The number of carbonyl (C=O) groups is 1. The molecule has 1 aromatic carbocycles. The fourth-order valence-corrected chi connectivity index (χ4v) is 2.40. The molecule has 3 heterocycles. The first-order valence-corrected chi connectivity index (χ1v) is 7.26. The van der Waals surface area contributed by atoms with Crippen LogP contribution >= 0.6 is 0 Å². The van der Waals surface area contributed by atoms with Crippen LogP contribution in [0.15, 0.2) is 36.5 Å². The van der Waals surface area contributed by atoms with Crippen molar-refractivity contribution in [1.29, 1.82) is 0 Å². The minimum Gasteiger partial charge on any atom is -0.454 e. The number of benzene rings is 1. The van der Waals surface area contributed by atoms with Gasteiger partial charge in [-0.25, -0.2) is 9.97 Å². The van der Waals surface area contributed by atoms with Gasteiger partial charge in [0.05, 0.1) is 5.56 Å². The fraction of sp³-hybridized carbons (Fsp3) is 0.125. The molecule has 8 heteroatoms. The number of anilines is 1. The zero-order chi connectivity index (χ0) is 16.5. The summed E-state index contributed by atoms with van der Waals surface area (Å²) >= 11 is 0. The van der Waals surface area contributed by atoms with Crippen LogP contribution in [0, 0.1) is 6.92 Å². The largest absolute Gasteiger partial charge is 0.454 e. The molecule has 0 saturated heterocycles. The third-order valence-electron chi connectivity index (χ3n) is 3.50. The normalized spacial score (nSPS) is 12.2. The second kappa shape index (κ2) is 5.65. The van der Waals surface area contributed by atoms with Gasteiger partial charge in [-0.15, -0.1) is 0 Å². The van der Waals surface area contributed by atoms with E-state index in [2.05, 4.69) is 25.5 Å². The second-order valence-corrected chi connectivity index (χ2v) is 5.17. The van der Waals surface area contributed by atoms with Crippen LogP contribution in [-0.4, -0.2) is 32.9 Å². The fourth-order valence-electron chi connectivity index (χ4n) is 2.40. The number of para-hydroxylation sites is 1. The molecule has 8 nitrogen and oxygen atoms in total. The van der Waals surface area contributed by atoms with Crippen LogP contribution < -0.4 is 14.8 Å². The van der Waals surface area contributed by atoms with Gasteiger partial charge in [-0.3, -0.25) is 9.89 Å². The van der Waals surface area contributed by atoms with Crippen LogP contribution in [-0.2, 0) is 0 Å². The Morgan fingerprint density at radius 2 is 2.21 bits per heavy atom. The Labute approximate surface area is 136 Å². The Bertz CT molecular complexity index is 922. The monoisotopic (exact) mass is 323 g/mol. The van der Waals surface area contributed by atoms with Gasteiger partial charge in [0.15, 0.2) is 17.3 Å². The van der Waals surface area contributed by atoms with E-state index in [4.69, 9.17) is 9.47 Å². The number of aryl methyl sites for hydroxylation is 1. The van der Waals surface area contributed by atoms with Crippen LogP contribution in [0.3, 0.4) is 0 Å². The first-order chi connectivity index (χ1) is 11.7. The van der Waals surface area contributed by atoms with Gasteiger partial charge in [0, 0.05) is 11.8 Å². The molecule has 0 aliphatic carbocycles. The van der Waals surface area contributed by atoms with Crippen molar-refractivity contribution in [2.24, 2.45) is 0 Å². The van der Waals surface area contributed by atoms with Gasteiger partial charge in [-0.2, -0.15) is 5.10 Å². The van der Waals surface area contributed by atoms with E-state index in [0.717, 1.165) is 5.56 Å². The number of nitrogens with one attached hydrogen (secondary N) is 2. The number of nitrogens with zero attached hydrogens (tertiary/aromatic N) is 3. The number of H-pyrrole nitrogens is 1. The highest BCUT2D eigenvalue weighted by Gasteiger charge is 2.22. The number of aromatic amines is 1. The van der Waals surface area contributed by atoms with Gasteiger partial charge in [0.2, 0.25) is 6.79 Å². The summed E-state index contributed by atoms with van der Waals surface area (Å²) < 4.78 is 10.6. The Balaban J connectivity index is 1.60. The molecular weight excluding hydrogens is 310 g/mol. The Kier molecular flexibility index (Phi) is 3.34. The number of hydrogen-bond donors (Lipinski definition) is 2. The molecule has 1 aliphatic heterocycles. The van der Waals surface area contributed by atoms with Gasteiger partial charge in [0.25, 0.3) is 5.91 Å². The molecule has 0 fully saturated rings. The number of carbonyl (C=O) groups excluding carboxylic acids is 1. The van der Waals surface area contributed by atoms with E-state index in [9.17, 15) is 4.79 Å². The van der Waals surface area contributed by atoms with Crippen molar-refractivity contribution in [3.8, 4) is 22.9 Å². The maximum Gasteiger partial charge on any atom is 0.260 e. The van der Waals surface area contributed by atoms with E-state index in [1.54, 1.807) is 36.5 Å². The molecule has 3 aromatic rings. The van der Waals surface area contributed by atoms with E-state index in [1.807, 2.05) is 6.92 Å². The predicted molar refractivity (Wildman–Crippen MR) is 84.9 cm³/mol. The highest BCUT2D eigenvalue weighted by atomic mass is 16.7. The molecule has 1 aliphatic rings. The lowest BCUT2D eigenvalue weighted by atomic mass is 10.1. The average molecular weight is 323 g/mol. The molecule has 0 bridgehead atoms. The minimum absolute atomic E-state index is 0.109. The smallest absolute Gasteiger partial charge is 0.260 e. The Hall–Kier alpha value is -3.42. The molecule has 2 aromatic heterocycles. The summed E-state index contributed by atoms with van der Waals surface area (Å²) in [5, 5.41) is 9.63. The van der Waals surface area contributed by atoms with E-state index in [1.165, 1.54) is 0 Å². The number of hydrogen-bond acceptors (Lipinski definition) is 6. The molecule has 24 heavy (non-hydrogen) atoms. The summed E-state index contributed by atoms with van der Waals surface area (Å²) in [5.74, 6) is 2.33. The summed E-state index contributed by atoms with van der Waals surface area (Å²) in [7, 11) is 0. The first-order valence-electron chi connectivity index (χ1n) is 7.26. The molecule has 0 radical (unpaired) electrons. The number of ether oxygens (including phenoxy) is 2. The van der Waals surface area contributed by atoms with Gasteiger partial charge in [-0.05, 0) is 31.2 Å². The number of fused-ring (bicyclic) bond motifs is 1. The van der Waals surface area contributed by atoms with Crippen LogP contribution in [0.4, 0.5) is 5.82 Å². The maximum absolute atomic E-state index is 12.5. The van der Waals surface area contributed by atoms with Crippen molar-refractivity contribution in [3.05, 3.63) is 47.9 Å². The van der Waals surface area contributed by atoms with Crippen LogP contribution in [0.25, 0.3) is 11.4 Å². The van der Waals surface area contributed by atoms with Gasteiger partial charge in [0.1, 0.15) is 11.6 Å². The molecule has 1 amide bonds. The molecular formula is C16H13N5O3. The number of pyridine rings is 1. The standard InChI is InChI=1S/C16H13N5O3/c1-9-18-15(21-20-9)10-5-6-17-13(7-10)19-16(22)11-3-2-4-12-14(11)24-8-23-12/h2-7H,8H2,1H3,(H,17,19,22)(H,18,20,21). The van der Waals surface area contributed by atoms with Crippen molar-refractivity contribution in [1.82, 2.24) is 20.2 Å². The zero-order valence-corrected chi connectivity index (χ0v) is 12.7. The minimum atomic E-state index is -0.326. The second-order valence-electron chi connectivity index (χ2n) is 5.17. The molecule has 120 valence electrons. The lowest BCUT2D eigenvalue weighted by Gasteiger charge is -2.07. The third kappa shape index (κ3) is 2.54. The van der Waals surface area contributed by atoms with Crippen LogP contribution in [0.5, 0.6) is 11.5 Å². The van der Waals surface area contributed by atoms with E-state index < -0.39 is 0 Å². The Morgan fingerprint density at radius 1 is 1.29 bits per heavy atom. The lowest BCUT2D eigenvalue weighted by Crippen LogP contribution is -2.13.